The molecule has 1 aromatic heterocycles. The molecule has 0 spiro atoms. The zero-order valence-electron chi connectivity index (χ0n) is 26.9. The van der Waals surface area contributed by atoms with Crippen molar-refractivity contribution in [3.63, 3.8) is 0 Å². The van der Waals surface area contributed by atoms with Crippen LogP contribution in [0.3, 0.4) is 0 Å². The number of hydrogen-bond donors (Lipinski definition) is 0. The van der Waals surface area contributed by atoms with Crippen LogP contribution in [0, 0.1) is 0 Å². The Labute approximate surface area is 292 Å². The van der Waals surface area contributed by atoms with E-state index < -0.39 is 5.41 Å². The van der Waals surface area contributed by atoms with Crippen LogP contribution in [-0.2, 0) is 5.41 Å². The molecule has 2 aliphatic carbocycles. The van der Waals surface area contributed by atoms with Gasteiger partial charge in [-0.3, -0.25) is 0 Å². The molecule has 0 saturated carbocycles. The first-order chi connectivity index (χ1) is 24.3. The highest BCUT2D eigenvalue weighted by Gasteiger charge is 2.46. The summed E-state index contributed by atoms with van der Waals surface area (Å²) >= 11 is 1.84. The SMILES string of the molecule is C1=CC=CC2=C(C=1)C(c1ccccc1)(c1ccccc1)c1cc(-c3ccc(-c4ccc(-c5ccc(-c6ccccc6)cc5)s4)cc3)ccc12. The van der Waals surface area contributed by atoms with E-state index in [0.29, 0.717) is 0 Å². The molecular weight excluding hydrogens is 609 g/mol. The number of rotatable bonds is 6. The molecule has 0 unspecified atom stereocenters. The summed E-state index contributed by atoms with van der Waals surface area (Å²) in [7, 11) is 0. The number of fused-ring (bicyclic) bond motifs is 2. The third kappa shape index (κ3) is 5.00. The smallest absolute Gasteiger partial charge is 0.0719 e. The van der Waals surface area contributed by atoms with Gasteiger partial charge in [0.05, 0.1) is 5.41 Å². The molecule has 7 aromatic rings. The highest BCUT2D eigenvalue weighted by molar-refractivity contribution is 7.18. The van der Waals surface area contributed by atoms with Gasteiger partial charge in [-0.05, 0) is 97.1 Å². The molecule has 1 heterocycles. The summed E-state index contributed by atoms with van der Waals surface area (Å²) in [5.74, 6) is 0. The van der Waals surface area contributed by atoms with Crippen LogP contribution in [0.1, 0.15) is 22.3 Å². The van der Waals surface area contributed by atoms with Crippen molar-refractivity contribution in [1.29, 1.82) is 0 Å². The Bertz CT molecular complexity index is 2380. The first kappa shape index (κ1) is 29.2. The van der Waals surface area contributed by atoms with Gasteiger partial charge in [-0.25, -0.2) is 0 Å². The third-order valence-electron chi connectivity index (χ3n) is 9.89. The van der Waals surface area contributed by atoms with Gasteiger partial charge < -0.3 is 0 Å². The van der Waals surface area contributed by atoms with E-state index in [1.807, 2.05) is 17.4 Å². The third-order valence-corrected chi connectivity index (χ3v) is 11.1. The molecule has 9 rings (SSSR count). The lowest BCUT2D eigenvalue weighted by molar-refractivity contribution is 0.762. The van der Waals surface area contributed by atoms with Crippen LogP contribution < -0.4 is 0 Å². The Morgan fingerprint density at radius 3 is 1.53 bits per heavy atom. The van der Waals surface area contributed by atoms with E-state index in [0.717, 1.165) is 0 Å². The fraction of sp³-hybridized carbons (Fsp3) is 0.0208. The molecule has 0 saturated heterocycles. The number of thiophene rings is 1. The van der Waals surface area contributed by atoms with Gasteiger partial charge in [0.1, 0.15) is 0 Å². The van der Waals surface area contributed by atoms with Gasteiger partial charge in [0.25, 0.3) is 0 Å². The number of benzene rings is 6. The van der Waals surface area contributed by atoms with Gasteiger partial charge in [-0.1, -0.05) is 164 Å². The lowest BCUT2D eigenvalue weighted by Crippen LogP contribution is -2.29. The van der Waals surface area contributed by atoms with Crippen LogP contribution in [0.4, 0.5) is 0 Å². The first-order valence-corrected chi connectivity index (χ1v) is 17.6. The van der Waals surface area contributed by atoms with E-state index in [1.165, 1.54) is 76.5 Å². The molecule has 6 aromatic carbocycles. The minimum absolute atomic E-state index is 0.453. The summed E-state index contributed by atoms with van der Waals surface area (Å²) in [4.78, 5) is 2.55. The van der Waals surface area contributed by atoms with E-state index in [9.17, 15) is 0 Å². The second kappa shape index (κ2) is 12.2. The van der Waals surface area contributed by atoms with Crippen molar-refractivity contribution in [2.75, 3.05) is 0 Å². The van der Waals surface area contributed by atoms with Crippen molar-refractivity contribution in [2.24, 2.45) is 0 Å². The average Bonchev–Trinajstić information content (AvgIpc) is 3.69. The molecule has 0 bridgehead atoms. The van der Waals surface area contributed by atoms with Crippen LogP contribution in [0.2, 0.25) is 0 Å². The maximum atomic E-state index is 3.44. The van der Waals surface area contributed by atoms with Crippen LogP contribution in [0.15, 0.2) is 205 Å². The Morgan fingerprint density at radius 1 is 0.449 bits per heavy atom. The quantitative estimate of drug-likeness (QED) is 0.159. The highest BCUT2D eigenvalue weighted by Crippen LogP contribution is 2.56. The summed E-state index contributed by atoms with van der Waals surface area (Å²) in [5, 5.41) is 0. The van der Waals surface area contributed by atoms with Crippen molar-refractivity contribution in [3.8, 4) is 43.1 Å². The van der Waals surface area contributed by atoms with Crippen molar-refractivity contribution in [1.82, 2.24) is 0 Å². The second-order valence-electron chi connectivity index (χ2n) is 12.6. The summed E-state index contributed by atoms with van der Waals surface area (Å²) in [5.41, 5.74) is 18.0. The molecule has 0 nitrogen and oxygen atoms in total. The molecule has 0 aliphatic heterocycles. The fourth-order valence-corrected chi connectivity index (χ4v) is 8.57. The van der Waals surface area contributed by atoms with Crippen molar-refractivity contribution in [2.45, 2.75) is 5.41 Å². The lowest BCUT2D eigenvalue weighted by Gasteiger charge is -2.34. The minimum Gasteiger partial charge on any atom is -0.135 e. The van der Waals surface area contributed by atoms with Crippen LogP contribution >= 0.6 is 11.3 Å². The molecule has 0 fully saturated rings. The molecule has 0 N–H and O–H groups in total. The van der Waals surface area contributed by atoms with Crippen molar-refractivity contribution < 1.29 is 0 Å². The summed E-state index contributed by atoms with van der Waals surface area (Å²) in [6.07, 6.45) is 8.56. The van der Waals surface area contributed by atoms with E-state index in [4.69, 9.17) is 0 Å². The Morgan fingerprint density at radius 2 is 0.939 bits per heavy atom. The molecular formula is C48H32S. The van der Waals surface area contributed by atoms with Crippen LogP contribution in [0.5, 0.6) is 0 Å². The minimum atomic E-state index is -0.453. The zero-order chi connectivity index (χ0) is 32.6. The molecule has 0 atom stereocenters. The average molecular weight is 641 g/mol. The summed E-state index contributed by atoms with van der Waals surface area (Å²) < 4.78 is 0. The van der Waals surface area contributed by atoms with Crippen LogP contribution in [0.25, 0.3) is 48.7 Å². The second-order valence-corrected chi connectivity index (χ2v) is 13.7. The number of hydrogen-bond acceptors (Lipinski definition) is 1. The standard InChI is InChI=1S/C48H32S/c1-5-13-34(14-6-1)35-21-25-37(26-22-35)46-31-32-47(49-46)38-27-23-36(24-28-38)39-29-30-43-42-19-11-4-12-20-44(42)48(45(43)33-39,40-15-7-2-8-16-40)41-17-9-3-10-18-41/h1-11,13-33H. The van der Waals surface area contributed by atoms with E-state index in [1.54, 1.807) is 0 Å². The maximum Gasteiger partial charge on any atom is 0.0719 e. The number of allylic oxidation sites excluding steroid dienone is 5. The van der Waals surface area contributed by atoms with Crippen molar-refractivity contribution in [3.05, 3.63) is 228 Å². The van der Waals surface area contributed by atoms with Gasteiger partial charge >= 0.3 is 0 Å². The Hall–Kier alpha value is -5.98. The van der Waals surface area contributed by atoms with Gasteiger partial charge in [-0.15, -0.1) is 17.1 Å². The van der Waals surface area contributed by atoms with Crippen LogP contribution in [-0.4, -0.2) is 0 Å². The summed E-state index contributed by atoms with van der Waals surface area (Å²) in [6, 6.07) is 62.0. The van der Waals surface area contributed by atoms with E-state index >= 15 is 0 Å². The molecule has 1 heteroatoms. The summed E-state index contributed by atoms with van der Waals surface area (Å²) in [6.45, 7) is 0. The largest absolute Gasteiger partial charge is 0.135 e. The maximum absolute atomic E-state index is 3.44. The predicted molar refractivity (Wildman–Crippen MR) is 208 cm³/mol. The predicted octanol–water partition coefficient (Wildman–Crippen LogP) is 12.8. The van der Waals surface area contributed by atoms with Gasteiger partial charge in [0.2, 0.25) is 0 Å². The van der Waals surface area contributed by atoms with Gasteiger partial charge in [0.15, 0.2) is 0 Å². The fourth-order valence-electron chi connectivity index (χ4n) is 7.56. The normalized spacial score (nSPS) is 14.0. The Balaban J connectivity index is 1.08. The molecule has 0 radical (unpaired) electrons. The topological polar surface area (TPSA) is 0 Å². The monoisotopic (exact) mass is 640 g/mol. The molecule has 230 valence electrons. The molecule has 2 aliphatic rings. The molecule has 0 amide bonds. The molecule has 49 heavy (non-hydrogen) atoms. The highest BCUT2D eigenvalue weighted by atomic mass is 32.1. The van der Waals surface area contributed by atoms with E-state index in [-0.39, 0.29) is 0 Å². The zero-order valence-corrected chi connectivity index (χ0v) is 27.7. The first-order valence-electron chi connectivity index (χ1n) is 16.8. The van der Waals surface area contributed by atoms with Crippen molar-refractivity contribution >= 4 is 16.9 Å². The van der Waals surface area contributed by atoms with E-state index in [2.05, 4.69) is 194 Å². The van der Waals surface area contributed by atoms with Gasteiger partial charge in [0, 0.05) is 9.75 Å². The lowest BCUT2D eigenvalue weighted by atomic mass is 9.66. The Kier molecular flexibility index (Phi) is 7.29. The van der Waals surface area contributed by atoms with Gasteiger partial charge in [-0.2, -0.15) is 0 Å².